The lowest BCUT2D eigenvalue weighted by molar-refractivity contribution is 0.424. The molecular formula is C17H19Cl2NS. The first-order valence-electron chi connectivity index (χ1n) is 6.80. The highest BCUT2D eigenvalue weighted by molar-refractivity contribution is 7.99. The van der Waals surface area contributed by atoms with Gasteiger partial charge in [0.1, 0.15) is 0 Å². The third-order valence-corrected chi connectivity index (χ3v) is 4.48. The SMILES string of the molecule is CC(C)(C)NCc1ccc(Sc2ccc(Cl)cc2)cc1Cl. The summed E-state index contributed by atoms with van der Waals surface area (Å²) in [7, 11) is 0. The smallest absolute Gasteiger partial charge is 0.0462 e. The molecule has 112 valence electrons. The Morgan fingerprint density at radius 3 is 2.14 bits per heavy atom. The molecule has 4 heteroatoms. The van der Waals surface area contributed by atoms with Gasteiger partial charge in [0, 0.05) is 31.9 Å². The van der Waals surface area contributed by atoms with Crippen molar-refractivity contribution in [3.05, 3.63) is 58.1 Å². The molecule has 0 unspecified atom stereocenters. The quantitative estimate of drug-likeness (QED) is 0.729. The predicted octanol–water partition coefficient (Wildman–Crippen LogP) is 6.03. The molecule has 0 spiro atoms. The Hall–Kier alpha value is -0.670. The van der Waals surface area contributed by atoms with Crippen molar-refractivity contribution in [2.45, 2.75) is 42.6 Å². The lowest BCUT2D eigenvalue weighted by Crippen LogP contribution is -2.35. The summed E-state index contributed by atoms with van der Waals surface area (Å²) in [5.74, 6) is 0. The summed E-state index contributed by atoms with van der Waals surface area (Å²) in [4.78, 5) is 2.28. The molecule has 0 radical (unpaired) electrons. The van der Waals surface area contributed by atoms with Crippen LogP contribution in [-0.4, -0.2) is 5.54 Å². The zero-order valence-corrected chi connectivity index (χ0v) is 14.7. The van der Waals surface area contributed by atoms with E-state index in [4.69, 9.17) is 23.2 Å². The lowest BCUT2D eigenvalue weighted by Gasteiger charge is -2.21. The first-order chi connectivity index (χ1) is 9.83. The van der Waals surface area contributed by atoms with Crippen molar-refractivity contribution < 1.29 is 0 Å². The molecule has 2 aromatic rings. The molecule has 0 aromatic heterocycles. The van der Waals surface area contributed by atoms with E-state index in [0.29, 0.717) is 0 Å². The van der Waals surface area contributed by atoms with Crippen LogP contribution in [0.5, 0.6) is 0 Å². The fourth-order valence-electron chi connectivity index (χ4n) is 1.73. The van der Waals surface area contributed by atoms with E-state index in [1.54, 1.807) is 11.8 Å². The van der Waals surface area contributed by atoms with Gasteiger partial charge in [-0.25, -0.2) is 0 Å². The molecule has 2 rings (SSSR count). The van der Waals surface area contributed by atoms with Crippen LogP contribution in [0.25, 0.3) is 0 Å². The van der Waals surface area contributed by atoms with Crippen LogP contribution < -0.4 is 5.32 Å². The second kappa shape index (κ2) is 7.06. The van der Waals surface area contributed by atoms with E-state index in [1.165, 1.54) is 0 Å². The fourth-order valence-corrected chi connectivity index (χ4v) is 3.03. The van der Waals surface area contributed by atoms with Gasteiger partial charge in [0.15, 0.2) is 0 Å². The van der Waals surface area contributed by atoms with Crippen molar-refractivity contribution in [1.29, 1.82) is 0 Å². The minimum absolute atomic E-state index is 0.0834. The van der Waals surface area contributed by atoms with Gasteiger partial charge >= 0.3 is 0 Å². The maximum Gasteiger partial charge on any atom is 0.0462 e. The Labute approximate surface area is 141 Å². The first kappa shape index (κ1) is 16.7. The van der Waals surface area contributed by atoms with E-state index in [-0.39, 0.29) is 5.54 Å². The predicted molar refractivity (Wildman–Crippen MR) is 93.6 cm³/mol. The second-order valence-electron chi connectivity index (χ2n) is 5.91. The van der Waals surface area contributed by atoms with E-state index in [9.17, 15) is 0 Å². The van der Waals surface area contributed by atoms with Crippen LogP contribution in [0.15, 0.2) is 52.3 Å². The number of hydrogen-bond donors (Lipinski definition) is 1. The monoisotopic (exact) mass is 339 g/mol. The zero-order valence-electron chi connectivity index (χ0n) is 12.4. The molecule has 0 atom stereocenters. The minimum atomic E-state index is 0.0834. The largest absolute Gasteiger partial charge is 0.308 e. The normalized spacial score (nSPS) is 11.7. The topological polar surface area (TPSA) is 12.0 Å². The summed E-state index contributed by atoms with van der Waals surface area (Å²) in [6.45, 7) is 7.21. The number of hydrogen-bond acceptors (Lipinski definition) is 2. The van der Waals surface area contributed by atoms with Crippen molar-refractivity contribution >= 4 is 35.0 Å². The van der Waals surface area contributed by atoms with Crippen molar-refractivity contribution in [3.63, 3.8) is 0 Å². The maximum absolute atomic E-state index is 6.38. The third kappa shape index (κ3) is 5.55. The molecule has 0 bridgehead atoms. The van der Waals surface area contributed by atoms with E-state index in [0.717, 1.165) is 31.9 Å². The van der Waals surface area contributed by atoms with Crippen LogP contribution in [0.2, 0.25) is 10.0 Å². The van der Waals surface area contributed by atoms with Crippen molar-refractivity contribution in [1.82, 2.24) is 5.32 Å². The number of nitrogens with one attached hydrogen (secondary N) is 1. The molecule has 0 aliphatic heterocycles. The van der Waals surface area contributed by atoms with Crippen LogP contribution in [0.3, 0.4) is 0 Å². The molecule has 0 amide bonds. The van der Waals surface area contributed by atoms with Gasteiger partial charge in [-0.2, -0.15) is 0 Å². The molecule has 0 aliphatic rings. The Morgan fingerprint density at radius 2 is 1.57 bits per heavy atom. The van der Waals surface area contributed by atoms with Gasteiger partial charge in [0.05, 0.1) is 0 Å². The molecule has 0 fully saturated rings. The van der Waals surface area contributed by atoms with Gasteiger partial charge in [-0.1, -0.05) is 41.0 Å². The summed E-state index contributed by atoms with van der Waals surface area (Å²) in [6.07, 6.45) is 0. The van der Waals surface area contributed by atoms with Crippen molar-refractivity contribution in [2.75, 3.05) is 0 Å². The Kier molecular flexibility index (Phi) is 5.61. The van der Waals surface area contributed by atoms with Gasteiger partial charge < -0.3 is 5.32 Å². The van der Waals surface area contributed by atoms with Gasteiger partial charge in [-0.05, 0) is 62.7 Å². The van der Waals surface area contributed by atoms with Gasteiger partial charge in [0.25, 0.3) is 0 Å². The lowest BCUT2D eigenvalue weighted by atomic mass is 10.1. The fraction of sp³-hybridized carbons (Fsp3) is 0.294. The highest BCUT2D eigenvalue weighted by atomic mass is 35.5. The number of halogens is 2. The molecule has 1 nitrogen and oxygen atoms in total. The third-order valence-electron chi connectivity index (χ3n) is 2.88. The zero-order chi connectivity index (χ0) is 15.5. The maximum atomic E-state index is 6.38. The van der Waals surface area contributed by atoms with E-state index in [2.05, 4.69) is 38.2 Å². The molecule has 0 aliphatic carbocycles. The average Bonchev–Trinajstić information content (AvgIpc) is 2.39. The summed E-state index contributed by atoms with van der Waals surface area (Å²) >= 11 is 13.9. The van der Waals surface area contributed by atoms with Gasteiger partial charge in [-0.15, -0.1) is 0 Å². The molecular weight excluding hydrogens is 321 g/mol. The van der Waals surface area contributed by atoms with E-state index < -0.39 is 0 Å². The summed E-state index contributed by atoms with van der Waals surface area (Å²) in [6, 6.07) is 14.0. The molecule has 0 saturated heterocycles. The van der Waals surface area contributed by atoms with Gasteiger partial charge in [0.2, 0.25) is 0 Å². The molecule has 0 saturated carbocycles. The highest BCUT2D eigenvalue weighted by Crippen LogP contribution is 2.31. The minimum Gasteiger partial charge on any atom is -0.308 e. The summed E-state index contributed by atoms with van der Waals surface area (Å²) in [5, 5.41) is 5.00. The van der Waals surface area contributed by atoms with Crippen LogP contribution in [0, 0.1) is 0 Å². The molecule has 0 heterocycles. The van der Waals surface area contributed by atoms with Crippen LogP contribution in [0.4, 0.5) is 0 Å². The molecule has 2 aromatic carbocycles. The average molecular weight is 340 g/mol. The Morgan fingerprint density at radius 1 is 0.952 bits per heavy atom. The van der Waals surface area contributed by atoms with Crippen LogP contribution in [0.1, 0.15) is 26.3 Å². The standard InChI is InChI=1S/C17H19Cl2NS/c1-17(2,3)20-11-12-4-7-15(10-16(12)19)21-14-8-5-13(18)6-9-14/h4-10,20H,11H2,1-3H3. The second-order valence-corrected chi connectivity index (χ2v) is 7.90. The number of rotatable bonds is 4. The van der Waals surface area contributed by atoms with E-state index in [1.807, 2.05) is 30.3 Å². The summed E-state index contributed by atoms with van der Waals surface area (Å²) < 4.78 is 0. The number of benzene rings is 2. The first-order valence-corrected chi connectivity index (χ1v) is 8.38. The molecule has 1 N–H and O–H groups in total. The van der Waals surface area contributed by atoms with Crippen molar-refractivity contribution in [3.8, 4) is 0 Å². The summed E-state index contributed by atoms with van der Waals surface area (Å²) in [5.41, 5.74) is 1.20. The van der Waals surface area contributed by atoms with Crippen LogP contribution in [-0.2, 0) is 6.54 Å². The van der Waals surface area contributed by atoms with E-state index >= 15 is 0 Å². The highest BCUT2D eigenvalue weighted by Gasteiger charge is 2.10. The van der Waals surface area contributed by atoms with Crippen molar-refractivity contribution in [2.24, 2.45) is 0 Å². The molecule has 21 heavy (non-hydrogen) atoms. The Bertz CT molecular complexity index is 603. The Balaban J connectivity index is 2.06. The van der Waals surface area contributed by atoms with Crippen LogP contribution >= 0.6 is 35.0 Å². The van der Waals surface area contributed by atoms with Gasteiger partial charge in [-0.3, -0.25) is 0 Å².